The summed E-state index contributed by atoms with van der Waals surface area (Å²) in [6.07, 6.45) is 3.50. The third-order valence-corrected chi connectivity index (χ3v) is 2.00. The highest BCUT2D eigenvalue weighted by Crippen LogP contribution is 2.17. The number of rotatable bonds is 0. The summed E-state index contributed by atoms with van der Waals surface area (Å²) in [5, 5.41) is 9.78. The van der Waals surface area contributed by atoms with E-state index in [9.17, 15) is 0 Å². The largest absolute Gasteiger partial charge is 0.344 e. The molecular formula is C8H8BrN3. The molecule has 0 saturated heterocycles. The molecule has 1 aromatic heterocycles. The van der Waals surface area contributed by atoms with Crippen molar-refractivity contribution in [2.75, 3.05) is 0 Å². The molecule has 62 valence electrons. The van der Waals surface area contributed by atoms with E-state index in [1.807, 2.05) is 18.2 Å². The molecule has 0 aliphatic rings. The van der Waals surface area contributed by atoms with Crippen LogP contribution in [0.15, 0.2) is 35.1 Å². The van der Waals surface area contributed by atoms with E-state index < -0.39 is 0 Å². The molecule has 0 unspecified atom stereocenters. The summed E-state index contributed by atoms with van der Waals surface area (Å²) < 4.78 is 1.07. The Kier molecular flexibility index (Phi) is 2.73. The highest BCUT2D eigenvalue weighted by Gasteiger charge is 1.92. The van der Waals surface area contributed by atoms with Crippen LogP contribution in [0, 0.1) is 0 Å². The fourth-order valence-corrected chi connectivity index (χ4v) is 1.34. The number of nitrogens with zero attached hydrogens (tertiary/aromatic N) is 2. The van der Waals surface area contributed by atoms with E-state index in [-0.39, 0.29) is 6.15 Å². The normalized spacial score (nSPS) is 9.42. The first-order chi connectivity index (χ1) is 5.36. The molecule has 3 N–H and O–H groups in total. The Morgan fingerprint density at radius 2 is 1.67 bits per heavy atom. The van der Waals surface area contributed by atoms with Gasteiger partial charge in [0.1, 0.15) is 0 Å². The van der Waals surface area contributed by atoms with Crippen molar-refractivity contribution in [1.29, 1.82) is 0 Å². The van der Waals surface area contributed by atoms with Gasteiger partial charge in [-0.05, 0) is 12.1 Å². The summed E-state index contributed by atoms with van der Waals surface area (Å²) in [5.74, 6) is 0. The van der Waals surface area contributed by atoms with Crippen LogP contribution >= 0.6 is 15.9 Å². The molecule has 12 heavy (non-hydrogen) atoms. The van der Waals surface area contributed by atoms with E-state index >= 15 is 0 Å². The summed E-state index contributed by atoms with van der Waals surface area (Å²) >= 11 is 3.38. The highest BCUT2D eigenvalue weighted by molar-refractivity contribution is 9.10. The molecule has 4 heteroatoms. The second kappa shape index (κ2) is 3.60. The van der Waals surface area contributed by atoms with Crippen LogP contribution < -0.4 is 6.15 Å². The van der Waals surface area contributed by atoms with Crippen molar-refractivity contribution in [3.63, 3.8) is 0 Å². The van der Waals surface area contributed by atoms with Gasteiger partial charge < -0.3 is 6.15 Å². The van der Waals surface area contributed by atoms with Crippen molar-refractivity contribution in [3.05, 3.63) is 35.1 Å². The van der Waals surface area contributed by atoms with Gasteiger partial charge in [-0.3, -0.25) is 0 Å². The maximum absolute atomic E-state index is 3.78. The molecule has 2 aromatic rings. The molecule has 0 fully saturated rings. The van der Waals surface area contributed by atoms with Crippen molar-refractivity contribution in [2.24, 2.45) is 0 Å². The SMILES string of the molecule is Brc1ccc2cnncc2c1.N. The number of fused-ring (bicyclic) bond motifs is 1. The average Bonchev–Trinajstić information content (AvgIpc) is 2.04. The van der Waals surface area contributed by atoms with E-state index in [1.54, 1.807) is 12.4 Å². The van der Waals surface area contributed by atoms with Gasteiger partial charge in [0.25, 0.3) is 0 Å². The second-order valence-corrected chi connectivity index (χ2v) is 3.18. The minimum absolute atomic E-state index is 0. The number of aromatic nitrogens is 2. The summed E-state index contributed by atoms with van der Waals surface area (Å²) in [4.78, 5) is 0. The minimum Gasteiger partial charge on any atom is -0.344 e. The first-order valence-electron chi connectivity index (χ1n) is 3.22. The molecule has 0 aliphatic heterocycles. The van der Waals surface area contributed by atoms with Crippen LogP contribution in [0.5, 0.6) is 0 Å². The molecule has 0 amide bonds. The Balaban J connectivity index is 0.000000720. The lowest BCUT2D eigenvalue weighted by atomic mass is 10.2. The minimum atomic E-state index is 0. The van der Waals surface area contributed by atoms with Crippen LogP contribution in [0.2, 0.25) is 0 Å². The van der Waals surface area contributed by atoms with Gasteiger partial charge in [-0.2, -0.15) is 10.2 Å². The lowest BCUT2D eigenvalue weighted by molar-refractivity contribution is 1.05. The van der Waals surface area contributed by atoms with Gasteiger partial charge in [-0.15, -0.1) is 0 Å². The van der Waals surface area contributed by atoms with E-state index in [1.165, 1.54) is 0 Å². The zero-order valence-corrected chi connectivity index (χ0v) is 7.95. The fraction of sp³-hybridized carbons (Fsp3) is 0. The Morgan fingerprint density at radius 1 is 1.00 bits per heavy atom. The van der Waals surface area contributed by atoms with Gasteiger partial charge >= 0.3 is 0 Å². The quantitative estimate of drug-likeness (QED) is 0.750. The van der Waals surface area contributed by atoms with Crippen LogP contribution in [-0.2, 0) is 0 Å². The van der Waals surface area contributed by atoms with Gasteiger partial charge in [-0.25, -0.2) is 0 Å². The first-order valence-corrected chi connectivity index (χ1v) is 4.01. The van der Waals surface area contributed by atoms with Crippen LogP contribution in [-0.4, -0.2) is 10.2 Å². The molecule has 0 radical (unpaired) electrons. The van der Waals surface area contributed by atoms with Gasteiger partial charge in [-0.1, -0.05) is 22.0 Å². The summed E-state index contributed by atoms with van der Waals surface area (Å²) in [7, 11) is 0. The first kappa shape index (κ1) is 9.09. The smallest absolute Gasteiger partial charge is 0.0575 e. The van der Waals surface area contributed by atoms with Gasteiger partial charge in [0.2, 0.25) is 0 Å². The molecule has 0 spiro atoms. The van der Waals surface area contributed by atoms with E-state index in [4.69, 9.17) is 0 Å². The van der Waals surface area contributed by atoms with Crippen LogP contribution in [0.3, 0.4) is 0 Å². The molecule has 1 heterocycles. The van der Waals surface area contributed by atoms with Crippen molar-refractivity contribution >= 4 is 26.7 Å². The number of halogens is 1. The average molecular weight is 226 g/mol. The summed E-state index contributed by atoms with van der Waals surface area (Å²) in [5.41, 5.74) is 0. The highest BCUT2D eigenvalue weighted by atomic mass is 79.9. The third kappa shape index (κ3) is 1.60. The molecule has 1 aromatic carbocycles. The van der Waals surface area contributed by atoms with Crippen molar-refractivity contribution in [1.82, 2.24) is 16.3 Å². The van der Waals surface area contributed by atoms with Crippen LogP contribution in [0.4, 0.5) is 0 Å². The lowest BCUT2D eigenvalue weighted by Gasteiger charge is -1.94. The zero-order valence-electron chi connectivity index (χ0n) is 6.37. The molecule has 2 rings (SSSR count). The molecule has 0 atom stereocenters. The Hall–Kier alpha value is -1.00. The van der Waals surface area contributed by atoms with E-state index in [0.717, 1.165) is 15.2 Å². The Morgan fingerprint density at radius 3 is 2.42 bits per heavy atom. The molecular weight excluding hydrogens is 218 g/mol. The predicted molar refractivity (Wildman–Crippen MR) is 52.3 cm³/mol. The number of benzene rings is 1. The monoisotopic (exact) mass is 225 g/mol. The van der Waals surface area contributed by atoms with Gasteiger partial charge in [0, 0.05) is 15.2 Å². The van der Waals surface area contributed by atoms with Crippen LogP contribution in [0.1, 0.15) is 0 Å². The Labute approximate surface area is 78.5 Å². The van der Waals surface area contributed by atoms with E-state index in [0.29, 0.717) is 0 Å². The standard InChI is InChI=1S/C8H5BrN2.H3N/c9-8-2-1-6-4-10-11-5-7(6)3-8;/h1-5H;1H3. The molecule has 0 aliphatic carbocycles. The van der Waals surface area contributed by atoms with Gasteiger partial charge in [0.05, 0.1) is 12.4 Å². The summed E-state index contributed by atoms with van der Waals surface area (Å²) in [6.45, 7) is 0. The predicted octanol–water partition coefficient (Wildman–Crippen LogP) is 2.55. The topological polar surface area (TPSA) is 60.8 Å². The van der Waals surface area contributed by atoms with Gasteiger partial charge in [0.15, 0.2) is 0 Å². The number of hydrogen-bond acceptors (Lipinski definition) is 3. The second-order valence-electron chi connectivity index (χ2n) is 2.26. The lowest BCUT2D eigenvalue weighted by Crippen LogP contribution is -1.79. The summed E-state index contributed by atoms with van der Waals surface area (Å²) in [6, 6.07) is 6.02. The van der Waals surface area contributed by atoms with Crippen molar-refractivity contribution < 1.29 is 0 Å². The Bertz CT molecular complexity index is 389. The zero-order chi connectivity index (χ0) is 7.68. The molecule has 0 bridgehead atoms. The van der Waals surface area contributed by atoms with Crippen molar-refractivity contribution in [3.8, 4) is 0 Å². The van der Waals surface area contributed by atoms with Crippen LogP contribution in [0.25, 0.3) is 10.8 Å². The molecule has 3 nitrogen and oxygen atoms in total. The third-order valence-electron chi connectivity index (χ3n) is 1.51. The van der Waals surface area contributed by atoms with E-state index in [2.05, 4.69) is 26.1 Å². The van der Waals surface area contributed by atoms with Crippen molar-refractivity contribution in [2.45, 2.75) is 0 Å². The molecule has 0 saturated carbocycles. The fourth-order valence-electron chi connectivity index (χ4n) is 0.966. The number of hydrogen-bond donors (Lipinski definition) is 1. The maximum Gasteiger partial charge on any atom is 0.0575 e. The maximum atomic E-state index is 3.78.